The molecule has 35 heavy (non-hydrogen) atoms. The number of halogens is 3. The number of benzene rings is 2. The second-order valence-electron chi connectivity index (χ2n) is 10.4. The van der Waals surface area contributed by atoms with Gasteiger partial charge in [-0.2, -0.15) is 0 Å². The topological polar surface area (TPSA) is 18.5 Å². The van der Waals surface area contributed by atoms with Crippen molar-refractivity contribution in [1.82, 2.24) is 0 Å². The van der Waals surface area contributed by atoms with Gasteiger partial charge in [-0.25, -0.2) is 13.2 Å². The summed E-state index contributed by atoms with van der Waals surface area (Å²) >= 11 is 0. The predicted molar refractivity (Wildman–Crippen MR) is 133 cm³/mol. The molecule has 2 nitrogen and oxygen atoms in total. The standard InChI is InChI=1S/C30H39F3O2/c1-3-35-19-24-11-8-21(18-28(24)31)5-4-20-6-9-22(10-7-20)26-16-17-27(30(33)29(26)32)23-12-14-25(34-2)15-13-23/h8,11,16-18,20,22-23,25H,3-7,9-10,12-15,19H2,1-2H3. The quantitative estimate of drug-likeness (QED) is 0.354. The van der Waals surface area contributed by atoms with Gasteiger partial charge in [0.05, 0.1) is 12.7 Å². The first-order chi connectivity index (χ1) is 17.0. The lowest BCUT2D eigenvalue weighted by molar-refractivity contribution is 0.0655. The van der Waals surface area contributed by atoms with Gasteiger partial charge in [-0.3, -0.25) is 0 Å². The molecule has 0 radical (unpaired) electrons. The molecule has 0 heterocycles. The van der Waals surface area contributed by atoms with Crippen LogP contribution < -0.4 is 0 Å². The van der Waals surface area contributed by atoms with Crippen molar-refractivity contribution in [2.45, 2.75) is 95.7 Å². The van der Waals surface area contributed by atoms with Crippen molar-refractivity contribution in [3.63, 3.8) is 0 Å². The van der Waals surface area contributed by atoms with Gasteiger partial charge in [0.15, 0.2) is 11.6 Å². The SMILES string of the molecule is CCOCc1ccc(CCC2CCC(c3ccc(C4CCC(OC)CC4)c(F)c3F)CC2)cc1F. The summed E-state index contributed by atoms with van der Waals surface area (Å²) in [6.45, 7) is 2.77. The number of hydrogen-bond donors (Lipinski definition) is 0. The molecule has 0 aromatic heterocycles. The monoisotopic (exact) mass is 488 g/mol. The molecule has 192 valence electrons. The van der Waals surface area contributed by atoms with Crippen molar-refractivity contribution in [3.05, 3.63) is 70.0 Å². The fourth-order valence-corrected chi connectivity index (χ4v) is 6.03. The predicted octanol–water partition coefficient (Wildman–Crippen LogP) is 8.22. The average molecular weight is 489 g/mol. The summed E-state index contributed by atoms with van der Waals surface area (Å²) in [7, 11) is 1.72. The molecule has 2 aromatic carbocycles. The minimum atomic E-state index is -0.639. The van der Waals surface area contributed by atoms with Crippen molar-refractivity contribution < 1.29 is 22.6 Å². The maximum Gasteiger partial charge on any atom is 0.162 e. The fourth-order valence-electron chi connectivity index (χ4n) is 6.03. The lowest BCUT2D eigenvalue weighted by Crippen LogP contribution is -2.20. The van der Waals surface area contributed by atoms with Gasteiger partial charge in [-0.1, -0.05) is 24.3 Å². The highest BCUT2D eigenvalue weighted by molar-refractivity contribution is 5.32. The molecule has 2 saturated carbocycles. The lowest BCUT2D eigenvalue weighted by Gasteiger charge is -2.31. The first-order valence-corrected chi connectivity index (χ1v) is 13.4. The van der Waals surface area contributed by atoms with E-state index in [0.29, 0.717) is 35.8 Å². The molecule has 0 bridgehead atoms. The van der Waals surface area contributed by atoms with Gasteiger partial charge in [-0.15, -0.1) is 0 Å². The number of ether oxygens (including phenoxy) is 2. The van der Waals surface area contributed by atoms with Gasteiger partial charge >= 0.3 is 0 Å². The summed E-state index contributed by atoms with van der Waals surface area (Å²) in [5.41, 5.74) is 2.68. The number of methoxy groups -OCH3 is 1. The van der Waals surface area contributed by atoms with E-state index in [9.17, 15) is 4.39 Å². The van der Waals surface area contributed by atoms with Crippen LogP contribution in [0.5, 0.6) is 0 Å². The van der Waals surface area contributed by atoms with Gasteiger partial charge in [0, 0.05) is 19.3 Å². The molecule has 0 atom stereocenters. The molecule has 2 aliphatic carbocycles. The van der Waals surface area contributed by atoms with Crippen LogP contribution in [-0.4, -0.2) is 19.8 Å². The zero-order valence-corrected chi connectivity index (χ0v) is 21.1. The van der Waals surface area contributed by atoms with Crippen LogP contribution in [0.3, 0.4) is 0 Å². The van der Waals surface area contributed by atoms with E-state index in [-0.39, 0.29) is 23.8 Å². The Labute approximate surface area is 208 Å². The number of hydrogen-bond acceptors (Lipinski definition) is 2. The van der Waals surface area contributed by atoms with Crippen molar-refractivity contribution >= 4 is 0 Å². The molecular weight excluding hydrogens is 449 g/mol. The van der Waals surface area contributed by atoms with Gasteiger partial charge in [0.1, 0.15) is 5.82 Å². The first-order valence-electron chi connectivity index (χ1n) is 13.4. The summed E-state index contributed by atoms with van der Waals surface area (Å²) in [6.07, 6.45) is 9.32. The Morgan fingerprint density at radius 1 is 0.800 bits per heavy atom. The van der Waals surface area contributed by atoms with Crippen LogP contribution in [0.15, 0.2) is 30.3 Å². The highest BCUT2D eigenvalue weighted by atomic mass is 19.2. The van der Waals surface area contributed by atoms with Crippen LogP contribution in [-0.2, 0) is 22.5 Å². The largest absolute Gasteiger partial charge is 0.381 e. The van der Waals surface area contributed by atoms with E-state index in [1.54, 1.807) is 13.2 Å². The Kier molecular flexibility index (Phi) is 9.29. The minimum Gasteiger partial charge on any atom is -0.381 e. The molecule has 2 fully saturated rings. The van der Waals surface area contributed by atoms with Crippen molar-refractivity contribution in [1.29, 1.82) is 0 Å². The third-order valence-electron chi connectivity index (χ3n) is 8.30. The Morgan fingerprint density at radius 3 is 1.94 bits per heavy atom. The minimum absolute atomic E-state index is 0.0781. The molecule has 4 rings (SSSR count). The van der Waals surface area contributed by atoms with Crippen LogP contribution in [0.2, 0.25) is 0 Å². The normalized spacial score (nSPS) is 25.1. The highest BCUT2D eigenvalue weighted by Crippen LogP contribution is 2.41. The Morgan fingerprint density at radius 2 is 1.40 bits per heavy atom. The van der Waals surface area contributed by atoms with Crippen LogP contribution >= 0.6 is 0 Å². The molecule has 0 unspecified atom stereocenters. The molecule has 0 N–H and O–H groups in total. The van der Waals surface area contributed by atoms with Crippen molar-refractivity contribution in [2.24, 2.45) is 5.92 Å². The third kappa shape index (κ3) is 6.48. The summed E-state index contributed by atoms with van der Waals surface area (Å²) in [5, 5.41) is 0. The average Bonchev–Trinajstić information content (AvgIpc) is 2.89. The number of rotatable bonds is 9. The molecule has 2 aromatic rings. The Bertz CT molecular complexity index is 960. The second-order valence-corrected chi connectivity index (χ2v) is 10.4. The summed E-state index contributed by atoms with van der Waals surface area (Å²) in [6, 6.07) is 9.11. The van der Waals surface area contributed by atoms with E-state index in [1.807, 2.05) is 31.2 Å². The van der Waals surface area contributed by atoms with E-state index in [2.05, 4.69) is 0 Å². The third-order valence-corrected chi connectivity index (χ3v) is 8.30. The highest BCUT2D eigenvalue weighted by Gasteiger charge is 2.29. The maximum absolute atomic E-state index is 15.1. The van der Waals surface area contributed by atoms with Crippen LogP contribution in [0, 0.1) is 23.4 Å². The zero-order valence-electron chi connectivity index (χ0n) is 21.1. The summed E-state index contributed by atoms with van der Waals surface area (Å²) in [4.78, 5) is 0. The van der Waals surface area contributed by atoms with E-state index in [1.165, 1.54) is 0 Å². The van der Waals surface area contributed by atoms with E-state index in [4.69, 9.17) is 9.47 Å². The molecule has 5 heteroatoms. The van der Waals surface area contributed by atoms with Crippen molar-refractivity contribution in [3.8, 4) is 0 Å². The fraction of sp³-hybridized carbons (Fsp3) is 0.600. The maximum atomic E-state index is 15.1. The first kappa shape index (κ1) is 26.2. The van der Waals surface area contributed by atoms with Gasteiger partial charge < -0.3 is 9.47 Å². The van der Waals surface area contributed by atoms with E-state index in [0.717, 1.165) is 69.8 Å². The zero-order chi connectivity index (χ0) is 24.8. The van der Waals surface area contributed by atoms with Crippen LogP contribution in [0.25, 0.3) is 0 Å². The van der Waals surface area contributed by atoms with E-state index >= 15 is 8.78 Å². The molecule has 0 saturated heterocycles. The summed E-state index contributed by atoms with van der Waals surface area (Å²) < 4.78 is 55.2. The van der Waals surface area contributed by atoms with Gasteiger partial charge in [-0.05, 0) is 112 Å². The second kappa shape index (κ2) is 12.4. The van der Waals surface area contributed by atoms with Gasteiger partial charge in [0.2, 0.25) is 0 Å². The molecule has 2 aliphatic rings. The summed E-state index contributed by atoms with van der Waals surface area (Å²) in [5.74, 6) is -0.774. The van der Waals surface area contributed by atoms with Crippen LogP contribution in [0.1, 0.15) is 98.8 Å². The number of aryl methyl sites for hydroxylation is 1. The van der Waals surface area contributed by atoms with Crippen molar-refractivity contribution in [2.75, 3.05) is 13.7 Å². The smallest absolute Gasteiger partial charge is 0.162 e. The van der Waals surface area contributed by atoms with E-state index < -0.39 is 11.6 Å². The Hall–Kier alpha value is -1.85. The lowest BCUT2D eigenvalue weighted by atomic mass is 9.76. The van der Waals surface area contributed by atoms with Crippen LogP contribution in [0.4, 0.5) is 13.2 Å². The molecular formula is C30H39F3O2. The molecule has 0 spiro atoms. The molecule has 0 aliphatic heterocycles. The van der Waals surface area contributed by atoms with Gasteiger partial charge in [0.25, 0.3) is 0 Å². The Balaban J connectivity index is 1.29. The molecule has 0 amide bonds.